The van der Waals surface area contributed by atoms with Gasteiger partial charge in [0.2, 0.25) is 5.78 Å². The number of aryl methyl sites for hydroxylation is 1. The molecule has 0 bridgehead atoms. The summed E-state index contributed by atoms with van der Waals surface area (Å²) in [5, 5.41) is 1.13. The Morgan fingerprint density at radius 1 is 1.22 bits per heavy atom. The monoisotopic (exact) mass is 328 g/mol. The number of esters is 1. The quantitative estimate of drug-likeness (QED) is 0.588. The van der Waals surface area contributed by atoms with Gasteiger partial charge in [-0.2, -0.15) is 0 Å². The molecule has 1 aromatic carbocycles. The summed E-state index contributed by atoms with van der Waals surface area (Å²) in [5.74, 6) is -0.665. The van der Waals surface area contributed by atoms with E-state index in [2.05, 4.69) is 9.97 Å². The average molecular weight is 329 g/mol. The number of benzene rings is 1. The minimum Gasteiger partial charge on any atom is -0.424 e. The van der Waals surface area contributed by atoms with Crippen LogP contribution in [0.1, 0.15) is 28.8 Å². The number of rotatable bonds is 3. The Kier molecular flexibility index (Phi) is 3.88. The van der Waals surface area contributed by atoms with Crippen molar-refractivity contribution in [3.05, 3.63) is 58.5 Å². The van der Waals surface area contributed by atoms with Crippen LogP contribution in [0.15, 0.2) is 36.4 Å². The van der Waals surface area contributed by atoms with Crippen molar-refractivity contribution in [2.75, 3.05) is 0 Å². The molecule has 0 amide bonds. The SMILES string of the molecule is CC(=O)Oc1c(C(=O)c2cccc(C)n2)[nH]c2cc(Cl)ccc12. The van der Waals surface area contributed by atoms with E-state index in [1.165, 1.54) is 6.92 Å². The Bertz CT molecular complexity index is 931. The van der Waals surface area contributed by atoms with E-state index in [1.54, 1.807) is 43.3 Å². The van der Waals surface area contributed by atoms with Gasteiger partial charge in [0.25, 0.3) is 0 Å². The molecule has 5 nitrogen and oxygen atoms in total. The zero-order valence-corrected chi connectivity index (χ0v) is 13.3. The van der Waals surface area contributed by atoms with Crippen LogP contribution >= 0.6 is 11.6 Å². The molecule has 0 atom stereocenters. The van der Waals surface area contributed by atoms with E-state index < -0.39 is 5.97 Å². The van der Waals surface area contributed by atoms with Gasteiger partial charge in [0.15, 0.2) is 5.75 Å². The second-order valence-corrected chi connectivity index (χ2v) is 5.54. The van der Waals surface area contributed by atoms with E-state index in [1.807, 2.05) is 0 Å². The highest BCUT2D eigenvalue weighted by molar-refractivity contribution is 6.31. The molecule has 0 saturated carbocycles. The summed E-state index contributed by atoms with van der Waals surface area (Å²) in [6.45, 7) is 3.09. The van der Waals surface area contributed by atoms with Gasteiger partial charge in [-0.15, -0.1) is 0 Å². The van der Waals surface area contributed by atoms with E-state index in [0.717, 1.165) is 5.69 Å². The van der Waals surface area contributed by atoms with Crippen LogP contribution in [0.5, 0.6) is 5.75 Å². The Morgan fingerprint density at radius 2 is 2.00 bits per heavy atom. The number of hydrogen-bond donors (Lipinski definition) is 1. The predicted molar refractivity (Wildman–Crippen MR) is 87.0 cm³/mol. The van der Waals surface area contributed by atoms with Gasteiger partial charge in [-0.1, -0.05) is 17.7 Å². The number of carbonyl (C=O) groups is 2. The van der Waals surface area contributed by atoms with Gasteiger partial charge < -0.3 is 9.72 Å². The molecule has 0 aliphatic rings. The highest BCUT2D eigenvalue weighted by Gasteiger charge is 2.23. The minimum absolute atomic E-state index is 0.176. The minimum atomic E-state index is -0.507. The van der Waals surface area contributed by atoms with Gasteiger partial charge in [0.05, 0.1) is 5.52 Å². The predicted octanol–water partition coefficient (Wildman–Crippen LogP) is 3.68. The largest absolute Gasteiger partial charge is 0.424 e. The number of carbonyl (C=O) groups excluding carboxylic acids is 2. The average Bonchev–Trinajstić information content (AvgIpc) is 2.83. The van der Waals surface area contributed by atoms with Gasteiger partial charge in [-0.3, -0.25) is 9.59 Å². The second kappa shape index (κ2) is 5.85. The molecule has 6 heteroatoms. The van der Waals surface area contributed by atoms with Crippen molar-refractivity contribution >= 4 is 34.3 Å². The third-order valence-electron chi connectivity index (χ3n) is 3.31. The number of hydrogen-bond acceptors (Lipinski definition) is 4. The number of ether oxygens (including phenoxy) is 1. The lowest BCUT2D eigenvalue weighted by Crippen LogP contribution is -2.09. The second-order valence-electron chi connectivity index (χ2n) is 5.11. The summed E-state index contributed by atoms with van der Waals surface area (Å²) in [6.07, 6.45) is 0. The van der Waals surface area contributed by atoms with Crippen LogP contribution in [0.2, 0.25) is 5.02 Å². The smallest absolute Gasteiger partial charge is 0.308 e. The Morgan fingerprint density at radius 3 is 2.70 bits per heavy atom. The first-order valence-corrected chi connectivity index (χ1v) is 7.31. The lowest BCUT2D eigenvalue weighted by Gasteiger charge is -2.04. The van der Waals surface area contributed by atoms with E-state index in [-0.39, 0.29) is 22.9 Å². The number of aromatic nitrogens is 2. The Hall–Kier alpha value is -2.66. The molecule has 0 spiro atoms. The lowest BCUT2D eigenvalue weighted by atomic mass is 10.1. The number of aromatic amines is 1. The number of H-pyrrole nitrogens is 1. The van der Waals surface area contributed by atoms with E-state index in [4.69, 9.17) is 16.3 Å². The summed E-state index contributed by atoms with van der Waals surface area (Å²) in [7, 11) is 0. The Balaban J connectivity index is 2.19. The fraction of sp³-hybridized carbons (Fsp3) is 0.118. The van der Waals surface area contributed by atoms with Crippen molar-refractivity contribution in [3.8, 4) is 5.75 Å². The number of nitrogens with one attached hydrogen (secondary N) is 1. The molecule has 2 heterocycles. The number of ketones is 1. The van der Waals surface area contributed by atoms with Crippen molar-refractivity contribution in [2.45, 2.75) is 13.8 Å². The Labute approximate surface area is 137 Å². The molecule has 0 aliphatic heterocycles. The maximum atomic E-state index is 12.7. The maximum Gasteiger partial charge on any atom is 0.308 e. The van der Waals surface area contributed by atoms with Crippen molar-refractivity contribution in [2.24, 2.45) is 0 Å². The van der Waals surface area contributed by atoms with E-state index >= 15 is 0 Å². The van der Waals surface area contributed by atoms with Gasteiger partial charge >= 0.3 is 5.97 Å². The molecule has 0 saturated heterocycles. The van der Waals surface area contributed by atoms with Crippen molar-refractivity contribution in [3.63, 3.8) is 0 Å². The summed E-state index contributed by atoms with van der Waals surface area (Å²) < 4.78 is 5.25. The summed E-state index contributed by atoms with van der Waals surface area (Å²) in [4.78, 5) is 31.3. The standard InChI is InChI=1S/C17H13ClN2O3/c1-9-4-3-5-13(19-9)16(22)15-17(23-10(2)21)12-7-6-11(18)8-14(12)20-15/h3-8,20H,1-2H3. The van der Waals surface area contributed by atoms with Crippen LogP contribution in [0.3, 0.4) is 0 Å². The molecule has 23 heavy (non-hydrogen) atoms. The molecular formula is C17H13ClN2O3. The first-order valence-electron chi connectivity index (χ1n) is 6.93. The third kappa shape index (κ3) is 2.96. The van der Waals surface area contributed by atoms with Crippen LogP contribution in [-0.2, 0) is 4.79 Å². The molecule has 3 rings (SSSR count). The first kappa shape index (κ1) is 15.2. The van der Waals surface area contributed by atoms with Crippen LogP contribution in [0.25, 0.3) is 10.9 Å². The molecular weight excluding hydrogens is 316 g/mol. The van der Waals surface area contributed by atoms with Crippen LogP contribution in [0.4, 0.5) is 0 Å². The number of halogens is 1. The van der Waals surface area contributed by atoms with Gasteiger partial charge in [-0.05, 0) is 37.3 Å². The molecule has 0 aliphatic carbocycles. The third-order valence-corrected chi connectivity index (χ3v) is 3.54. The van der Waals surface area contributed by atoms with Crippen molar-refractivity contribution in [1.82, 2.24) is 9.97 Å². The summed E-state index contributed by atoms with van der Waals surface area (Å²) in [6, 6.07) is 10.2. The molecule has 116 valence electrons. The van der Waals surface area contributed by atoms with Crippen LogP contribution in [-0.4, -0.2) is 21.7 Å². The first-order chi connectivity index (χ1) is 11.0. The number of nitrogens with zero attached hydrogens (tertiary/aromatic N) is 1. The fourth-order valence-electron chi connectivity index (χ4n) is 2.35. The molecule has 0 unspecified atom stereocenters. The summed E-state index contributed by atoms with van der Waals surface area (Å²) >= 11 is 5.98. The normalized spacial score (nSPS) is 10.7. The zero-order valence-electron chi connectivity index (χ0n) is 12.5. The maximum absolute atomic E-state index is 12.7. The zero-order chi connectivity index (χ0) is 16.6. The van der Waals surface area contributed by atoms with Gasteiger partial charge in [0.1, 0.15) is 11.4 Å². The highest BCUT2D eigenvalue weighted by atomic mass is 35.5. The molecule has 0 fully saturated rings. The van der Waals surface area contributed by atoms with Gasteiger partial charge in [-0.25, -0.2) is 4.98 Å². The topological polar surface area (TPSA) is 72.1 Å². The highest BCUT2D eigenvalue weighted by Crippen LogP contribution is 2.33. The van der Waals surface area contributed by atoms with Crippen molar-refractivity contribution in [1.29, 1.82) is 0 Å². The molecule has 2 aromatic heterocycles. The van der Waals surface area contributed by atoms with Crippen molar-refractivity contribution < 1.29 is 14.3 Å². The van der Waals surface area contributed by atoms with Crippen LogP contribution in [0, 0.1) is 6.92 Å². The lowest BCUT2D eigenvalue weighted by molar-refractivity contribution is -0.131. The number of fused-ring (bicyclic) bond motifs is 1. The number of pyridine rings is 1. The fourth-order valence-corrected chi connectivity index (χ4v) is 2.52. The van der Waals surface area contributed by atoms with Gasteiger partial charge in [0, 0.05) is 23.0 Å². The molecule has 1 N–H and O–H groups in total. The van der Waals surface area contributed by atoms with E-state index in [0.29, 0.717) is 15.9 Å². The molecule has 3 aromatic rings. The van der Waals surface area contributed by atoms with E-state index in [9.17, 15) is 9.59 Å². The molecule has 0 radical (unpaired) electrons. The summed E-state index contributed by atoms with van der Waals surface area (Å²) in [5.41, 5.74) is 1.79. The van der Waals surface area contributed by atoms with Crippen LogP contribution < -0.4 is 4.74 Å².